The Labute approximate surface area is 94.8 Å². The molecule has 1 heterocycles. The van der Waals surface area contributed by atoms with Crippen LogP contribution in [0, 0.1) is 6.92 Å². The van der Waals surface area contributed by atoms with Crippen LogP contribution in [0.2, 0.25) is 5.02 Å². The molecule has 0 atom stereocenters. The zero-order valence-electron chi connectivity index (χ0n) is 8.79. The van der Waals surface area contributed by atoms with Gasteiger partial charge < -0.3 is 4.90 Å². The lowest BCUT2D eigenvalue weighted by molar-refractivity contribution is -0.119. The average molecular weight is 224 g/mol. The van der Waals surface area contributed by atoms with Crippen molar-refractivity contribution in [3.8, 4) is 0 Å². The Balaban J connectivity index is 2.22. The van der Waals surface area contributed by atoms with E-state index in [1.807, 2.05) is 19.1 Å². The fraction of sp³-hybridized carbons (Fsp3) is 0.417. The van der Waals surface area contributed by atoms with Gasteiger partial charge in [0.25, 0.3) is 0 Å². The van der Waals surface area contributed by atoms with E-state index in [1.54, 1.807) is 0 Å². The van der Waals surface area contributed by atoms with Gasteiger partial charge in [-0.05, 0) is 24.6 Å². The van der Waals surface area contributed by atoms with Crippen LogP contribution in [0.15, 0.2) is 18.2 Å². The highest BCUT2D eigenvalue weighted by atomic mass is 35.5. The van der Waals surface area contributed by atoms with Crippen molar-refractivity contribution in [2.45, 2.75) is 19.8 Å². The van der Waals surface area contributed by atoms with Gasteiger partial charge in [-0.1, -0.05) is 17.7 Å². The third-order valence-electron chi connectivity index (χ3n) is 2.90. The quantitative estimate of drug-likeness (QED) is 0.730. The van der Waals surface area contributed by atoms with Crippen LogP contribution in [0.5, 0.6) is 0 Å². The number of anilines is 1. The molecule has 0 unspecified atom stereocenters. The molecule has 2 rings (SSSR count). The lowest BCUT2D eigenvalue weighted by Gasteiger charge is -2.29. The monoisotopic (exact) mass is 223 g/mol. The van der Waals surface area contributed by atoms with Crippen LogP contribution in [-0.2, 0) is 4.79 Å². The van der Waals surface area contributed by atoms with Gasteiger partial charge in [-0.2, -0.15) is 0 Å². The molecular weight excluding hydrogens is 210 g/mol. The molecule has 0 spiro atoms. The summed E-state index contributed by atoms with van der Waals surface area (Å²) in [6.45, 7) is 3.66. The SMILES string of the molecule is Cc1c(Cl)cccc1N1CCC(=O)CC1. The molecule has 15 heavy (non-hydrogen) atoms. The Morgan fingerprint density at radius 3 is 2.60 bits per heavy atom. The van der Waals surface area contributed by atoms with Gasteiger partial charge in [0.1, 0.15) is 5.78 Å². The summed E-state index contributed by atoms with van der Waals surface area (Å²) < 4.78 is 0. The zero-order chi connectivity index (χ0) is 10.8. The molecule has 0 saturated carbocycles. The number of carbonyl (C=O) groups is 1. The van der Waals surface area contributed by atoms with Crippen LogP contribution in [0.4, 0.5) is 5.69 Å². The Hall–Kier alpha value is -1.02. The van der Waals surface area contributed by atoms with E-state index >= 15 is 0 Å². The molecule has 0 N–H and O–H groups in total. The van der Waals surface area contributed by atoms with Crippen molar-refractivity contribution in [2.75, 3.05) is 18.0 Å². The number of hydrogen-bond acceptors (Lipinski definition) is 2. The number of benzene rings is 1. The van der Waals surface area contributed by atoms with E-state index < -0.39 is 0 Å². The molecule has 1 aromatic carbocycles. The minimum absolute atomic E-state index is 0.367. The van der Waals surface area contributed by atoms with E-state index in [9.17, 15) is 4.79 Å². The summed E-state index contributed by atoms with van der Waals surface area (Å²) in [7, 11) is 0. The molecular formula is C12H14ClNO. The first-order valence-corrected chi connectivity index (χ1v) is 5.58. The largest absolute Gasteiger partial charge is 0.370 e. The Morgan fingerprint density at radius 1 is 1.27 bits per heavy atom. The third kappa shape index (κ3) is 2.15. The minimum Gasteiger partial charge on any atom is -0.370 e. The molecule has 1 fully saturated rings. The van der Waals surface area contributed by atoms with Gasteiger partial charge in [-0.3, -0.25) is 4.79 Å². The molecule has 80 valence electrons. The topological polar surface area (TPSA) is 20.3 Å². The number of halogens is 1. The van der Waals surface area contributed by atoms with E-state index in [0.717, 1.165) is 29.4 Å². The van der Waals surface area contributed by atoms with Crippen molar-refractivity contribution < 1.29 is 4.79 Å². The van der Waals surface area contributed by atoms with Crippen LogP contribution >= 0.6 is 11.6 Å². The van der Waals surface area contributed by atoms with Crippen LogP contribution in [0.25, 0.3) is 0 Å². The van der Waals surface area contributed by atoms with Crippen molar-refractivity contribution in [3.63, 3.8) is 0 Å². The number of nitrogens with zero attached hydrogens (tertiary/aromatic N) is 1. The molecule has 3 heteroatoms. The van der Waals surface area contributed by atoms with Crippen molar-refractivity contribution in [2.24, 2.45) is 0 Å². The number of rotatable bonds is 1. The van der Waals surface area contributed by atoms with E-state index in [4.69, 9.17) is 11.6 Å². The van der Waals surface area contributed by atoms with Gasteiger partial charge in [0, 0.05) is 36.6 Å². The van der Waals surface area contributed by atoms with Crippen LogP contribution in [-0.4, -0.2) is 18.9 Å². The number of ketones is 1. The van der Waals surface area contributed by atoms with Crippen molar-refractivity contribution in [1.29, 1.82) is 0 Å². The van der Waals surface area contributed by atoms with E-state index in [0.29, 0.717) is 18.6 Å². The minimum atomic E-state index is 0.367. The first kappa shape index (κ1) is 10.5. The van der Waals surface area contributed by atoms with Gasteiger partial charge in [0.2, 0.25) is 0 Å². The predicted molar refractivity (Wildman–Crippen MR) is 62.6 cm³/mol. The normalized spacial score (nSPS) is 16.9. The second-order valence-corrected chi connectivity index (χ2v) is 4.32. The maximum Gasteiger partial charge on any atom is 0.136 e. The standard InChI is InChI=1S/C12H14ClNO/c1-9-11(13)3-2-4-12(9)14-7-5-10(15)6-8-14/h2-4H,5-8H2,1H3. The van der Waals surface area contributed by atoms with Gasteiger partial charge in [0.05, 0.1) is 0 Å². The molecule has 2 nitrogen and oxygen atoms in total. The zero-order valence-corrected chi connectivity index (χ0v) is 9.55. The lowest BCUT2D eigenvalue weighted by Crippen LogP contribution is -2.34. The molecule has 0 bridgehead atoms. The molecule has 1 aliphatic heterocycles. The summed E-state index contributed by atoms with van der Waals surface area (Å²) in [5, 5.41) is 0.796. The van der Waals surface area contributed by atoms with Gasteiger partial charge in [0.15, 0.2) is 0 Å². The second-order valence-electron chi connectivity index (χ2n) is 3.91. The van der Waals surface area contributed by atoms with E-state index in [2.05, 4.69) is 11.0 Å². The number of Topliss-reactive ketones (excluding diaryl/α,β-unsaturated/α-hetero) is 1. The van der Waals surface area contributed by atoms with Gasteiger partial charge >= 0.3 is 0 Å². The maximum absolute atomic E-state index is 11.1. The fourth-order valence-corrected chi connectivity index (χ4v) is 2.11. The predicted octanol–water partition coefficient (Wildman–Crippen LogP) is 2.82. The van der Waals surface area contributed by atoms with Crippen LogP contribution in [0.3, 0.4) is 0 Å². The van der Waals surface area contributed by atoms with Crippen molar-refractivity contribution >= 4 is 23.1 Å². The second kappa shape index (κ2) is 4.23. The van der Waals surface area contributed by atoms with Gasteiger partial charge in [-0.25, -0.2) is 0 Å². The summed E-state index contributed by atoms with van der Waals surface area (Å²) in [6.07, 6.45) is 1.32. The molecule has 0 radical (unpaired) electrons. The van der Waals surface area contributed by atoms with Crippen molar-refractivity contribution in [1.82, 2.24) is 0 Å². The highest BCUT2D eigenvalue weighted by Gasteiger charge is 2.18. The third-order valence-corrected chi connectivity index (χ3v) is 3.31. The Kier molecular flexibility index (Phi) is 2.96. The fourth-order valence-electron chi connectivity index (χ4n) is 1.94. The first-order valence-electron chi connectivity index (χ1n) is 5.20. The first-order chi connectivity index (χ1) is 7.18. The summed E-state index contributed by atoms with van der Waals surface area (Å²) in [4.78, 5) is 13.4. The number of carbonyl (C=O) groups excluding carboxylic acids is 1. The molecule has 1 aliphatic rings. The summed E-state index contributed by atoms with van der Waals surface area (Å²) in [5.41, 5.74) is 2.27. The van der Waals surface area contributed by atoms with Crippen LogP contribution in [0.1, 0.15) is 18.4 Å². The molecule has 0 aliphatic carbocycles. The van der Waals surface area contributed by atoms with Gasteiger partial charge in [-0.15, -0.1) is 0 Å². The Bertz CT molecular complexity index is 379. The van der Waals surface area contributed by atoms with Crippen LogP contribution < -0.4 is 4.90 Å². The number of piperidine rings is 1. The summed E-state index contributed by atoms with van der Waals surface area (Å²) >= 11 is 6.07. The summed E-state index contributed by atoms with van der Waals surface area (Å²) in [5.74, 6) is 0.367. The molecule has 1 aromatic rings. The van der Waals surface area contributed by atoms with E-state index in [-0.39, 0.29) is 0 Å². The molecule has 0 aromatic heterocycles. The average Bonchev–Trinajstić information content (AvgIpc) is 2.24. The highest BCUT2D eigenvalue weighted by molar-refractivity contribution is 6.31. The smallest absolute Gasteiger partial charge is 0.136 e. The van der Waals surface area contributed by atoms with E-state index in [1.165, 1.54) is 0 Å². The molecule has 1 saturated heterocycles. The van der Waals surface area contributed by atoms with Crippen molar-refractivity contribution in [3.05, 3.63) is 28.8 Å². The lowest BCUT2D eigenvalue weighted by atomic mass is 10.1. The summed E-state index contributed by atoms with van der Waals surface area (Å²) in [6, 6.07) is 5.92. The number of hydrogen-bond donors (Lipinski definition) is 0. The molecule has 0 amide bonds. The maximum atomic E-state index is 11.1. The highest BCUT2D eigenvalue weighted by Crippen LogP contribution is 2.27. The Morgan fingerprint density at radius 2 is 1.93 bits per heavy atom.